The summed E-state index contributed by atoms with van der Waals surface area (Å²) < 4.78 is 1.16. The van der Waals surface area contributed by atoms with E-state index in [0.29, 0.717) is 11.4 Å². The molecule has 0 saturated carbocycles. The van der Waals surface area contributed by atoms with E-state index >= 15 is 0 Å². The molecule has 2 nitrogen and oxygen atoms in total. The topological polar surface area (TPSA) is 29.1 Å². The van der Waals surface area contributed by atoms with Crippen molar-refractivity contribution in [3.8, 4) is 0 Å². The van der Waals surface area contributed by atoms with Gasteiger partial charge in [0, 0.05) is 14.3 Å². The van der Waals surface area contributed by atoms with Crippen molar-refractivity contribution in [2.75, 3.05) is 5.32 Å². The molecule has 0 spiro atoms. The molecule has 1 amide bonds. The number of hydrogen-bond acceptors (Lipinski definition) is 1. The average molecular weight is 418 g/mol. The van der Waals surface area contributed by atoms with Gasteiger partial charge in [0.05, 0.1) is 11.8 Å². The average Bonchev–Trinajstić information content (AvgIpc) is 2.77. The molecule has 2 aromatic rings. The zero-order valence-electron chi connectivity index (χ0n) is 10.3. The quantitative estimate of drug-likeness (QED) is 0.553. The van der Waals surface area contributed by atoms with Gasteiger partial charge in [-0.15, -0.1) is 11.6 Å². The number of alkyl halides is 1. The van der Waals surface area contributed by atoms with Gasteiger partial charge in [-0.05, 0) is 63.5 Å². The van der Waals surface area contributed by atoms with E-state index in [1.165, 1.54) is 0 Å². The van der Waals surface area contributed by atoms with E-state index in [0.717, 1.165) is 25.9 Å². The fourth-order valence-electron chi connectivity index (χ4n) is 2.27. The van der Waals surface area contributed by atoms with Crippen LogP contribution in [-0.4, -0.2) is 5.91 Å². The third kappa shape index (κ3) is 2.67. The van der Waals surface area contributed by atoms with E-state index in [1.807, 2.05) is 30.3 Å². The van der Waals surface area contributed by atoms with Crippen molar-refractivity contribution in [3.05, 3.63) is 61.7 Å². The number of hydrogen-bond donors (Lipinski definition) is 1. The van der Waals surface area contributed by atoms with Gasteiger partial charge in [-0.1, -0.05) is 23.7 Å². The molecule has 3 rings (SSSR count). The first-order valence-corrected chi connectivity index (χ1v) is 7.95. The molecule has 0 bridgehead atoms. The summed E-state index contributed by atoms with van der Waals surface area (Å²) >= 11 is 15.1. The van der Waals surface area contributed by atoms with E-state index in [1.54, 1.807) is 6.07 Å². The first kappa shape index (κ1) is 14.2. The second kappa shape index (κ2) is 5.54. The number of halogens is 3. The van der Waals surface area contributed by atoms with Crippen LogP contribution in [0, 0.1) is 3.57 Å². The lowest BCUT2D eigenvalue weighted by Crippen LogP contribution is -2.03. The van der Waals surface area contributed by atoms with Crippen LogP contribution in [0.3, 0.4) is 0 Å². The first-order chi connectivity index (χ1) is 9.54. The molecule has 2 aromatic carbocycles. The standard InChI is InChI=1S/C15H10Cl2INO/c16-12-7-13-9(6-14(20)19-13)5-11(12)15(17)8-1-3-10(18)4-2-8/h1-5,7,15H,6H2,(H,19,20). The smallest absolute Gasteiger partial charge is 0.228 e. The molecule has 1 heterocycles. The Balaban J connectivity index is 2.00. The largest absolute Gasteiger partial charge is 0.325 e. The predicted octanol–water partition coefficient (Wildman–Crippen LogP) is 4.77. The van der Waals surface area contributed by atoms with Gasteiger partial charge in [0.15, 0.2) is 0 Å². The Bertz CT molecular complexity index is 685. The Hall–Kier alpha value is -0.780. The SMILES string of the molecule is O=C1Cc2cc(C(Cl)c3ccc(I)cc3)c(Cl)cc2N1. The number of carbonyl (C=O) groups is 1. The van der Waals surface area contributed by atoms with Crippen LogP contribution in [0.4, 0.5) is 5.69 Å². The molecule has 0 saturated heterocycles. The summed E-state index contributed by atoms with van der Waals surface area (Å²) in [7, 11) is 0. The second-order valence-electron chi connectivity index (χ2n) is 4.67. The minimum atomic E-state index is -0.319. The van der Waals surface area contributed by atoms with Crippen LogP contribution in [0.1, 0.15) is 22.1 Å². The van der Waals surface area contributed by atoms with Crippen LogP contribution in [0.15, 0.2) is 36.4 Å². The molecule has 1 aliphatic rings. The van der Waals surface area contributed by atoms with Crippen LogP contribution in [-0.2, 0) is 11.2 Å². The maximum Gasteiger partial charge on any atom is 0.228 e. The zero-order valence-corrected chi connectivity index (χ0v) is 14.0. The van der Waals surface area contributed by atoms with Gasteiger partial charge < -0.3 is 5.32 Å². The van der Waals surface area contributed by atoms with E-state index in [4.69, 9.17) is 23.2 Å². The summed E-state index contributed by atoms with van der Waals surface area (Å²) in [6.07, 6.45) is 0.385. The maximum atomic E-state index is 11.4. The predicted molar refractivity (Wildman–Crippen MR) is 90.6 cm³/mol. The minimum Gasteiger partial charge on any atom is -0.325 e. The monoisotopic (exact) mass is 417 g/mol. The summed E-state index contributed by atoms with van der Waals surface area (Å²) in [6, 6.07) is 11.7. The van der Waals surface area contributed by atoms with Crippen molar-refractivity contribution in [2.45, 2.75) is 11.8 Å². The molecule has 102 valence electrons. The summed E-state index contributed by atoms with van der Waals surface area (Å²) in [5.74, 6) is -0.00592. The molecule has 1 N–H and O–H groups in total. The molecule has 0 aromatic heterocycles. The minimum absolute atomic E-state index is 0.00592. The molecule has 20 heavy (non-hydrogen) atoms. The van der Waals surface area contributed by atoms with Gasteiger partial charge in [0.2, 0.25) is 5.91 Å². The van der Waals surface area contributed by atoms with Crippen LogP contribution in [0.25, 0.3) is 0 Å². The van der Waals surface area contributed by atoms with E-state index in [9.17, 15) is 4.79 Å². The van der Waals surface area contributed by atoms with Crippen LogP contribution >= 0.6 is 45.8 Å². The Morgan fingerprint density at radius 3 is 2.60 bits per heavy atom. The van der Waals surface area contributed by atoms with E-state index in [2.05, 4.69) is 27.9 Å². The molecule has 1 atom stereocenters. The molecule has 5 heteroatoms. The summed E-state index contributed by atoms with van der Waals surface area (Å²) in [5.41, 5.74) is 3.57. The number of fused-ring (bicyclic) bond motifs is 1. The van der Waals surface area contributed by atoms with Crippen LogP contribution in [0.5, 0.6) is 0 Å². The Morgan fingerprint density at radius 2 is 1.90 bits per heavy atom. The lowest BCUT2D eigenvalue weighted by atomic mass is 10.0. The second-order valence-corrected chi connectivity index (χ2v) is 6.76. The van der Waals surface area contributed by atoms with Gasteiger partial charge >= 0.3 is 0 Å². The van der Waals surface area contributed by atoms with Crippen molar-refractivity contribution in [2.24, 2.45) is 0 Å². The molecule has 0 fully saturated rings. The molecule has 0 radical (unpaired) electrons. The molecule has 1 unspecified atom stereocenters. The highest BCUT2D eigenvalue weighted by Gasteiger charge is 2.22. The highest BCUT2D eigenvalue weighted by molar-refractivity contribution is 14.1. The van der Waals surface area contributed by atoms with Gasteiger partial charge in [-0.2, -0.15) is 0 Å². The third-order valence-electron chi connectivity index (χ3n) is 3.28. The van der Waals surface area contributed by atoms with Gasteiger partial charge in [0.25, 0.3) is 0 Å². The Kier molecular flexibility index (Phi) is 3.93. The molecular weight excluding hydrogens is 408 g/mol. The molecule has 0 aliphatic carbocycles. The zero-order chi connectivity index (χ0) is 14.3. The molecular formula is C15H10Cl2INO. The third-order valence-corrected chi connectivity index (χ3v) is 4.82. The number of benzene rings is 2. The number of amides is 1. The van der Waals surface area contributed by atoms with Crippen molar-refractivity contribution in [1.82, 2.24) is 0 Å². The van der Waals surface area contributed by atoms with E-state index in [-0.39, 0.29) is 11.3 Å². The summed E-state index contributed by atoms with van der Waals surface area (Å²) in [5, 5.41) is 3.04. The maximum absolute atomic E-state index is 11.4. The normalized spacial score (nSPS) is 14.8. The van der Waals surface area contributed by atoms with Crippen molar-refractivity contribution >= 4 is 57.4 Å². The number of rotatable bonds is 2. The van der Waals surface area contributed by atoms with Gasteiger partial charge in [0.1, 0.15) is 0 Å². The number of anilines is 1. The number of nitrogens with one attached hydrogen (secondary N) is 1. The first-order valence-electron chi connectivity index (χ1n) is 6.06. The fraction of sp³-hybridized carbons (Fsp3) is 0.133. The summed E-state index contributed by atoms with van der Waals surface area (Å²) in [6.45, 7) is 0. The van der Waals surface area contributed by atoms with Gasteiger partial charge in [-0.3, -0.25) is 4.79 Å². The lowest BCUT2D eigenvalue weighted by Gasteiger charge is -2.14. The highest BCUT2D eigenvalue weighted by atomic mass is 127. The fourth-order valence-corrected chi connectivity index (χ4v) is 3.29. The highest BCUT2D eigenvalue weighted by Crippen LogP contribution is 2.38. The van der Waals surface area contributed by atoms with Gasteiger partial charge in [-0.25, -0.2) is 0 Å². The molecule has 1 aliphatic heterocycles. The van der Waals surface area contributed by atoms with Crippen molar-refractivity contribution in [1.29, 1.82) is 0 Å². The van der Waals surface area contributed by atoms with Crippen LogP contribution in [0.2, 0.25) is 5.02 Å². The lowest BCUT2D eigenvalue weighted by molar-refractivity contribution is -0.115. The van der Waals surface area contributed by atoms with Crippen LogP contribution < -0.4 is 5.32 Å². The number of carbonyl (C=O) groups excluding carboxylic acids is 1. The van der Waals surface area contributed by atoms with Crippen molar-refractivity contribution in [3.63, 3.8) is 0 Å². The summed E-state index contributed by atoms with van der Waals surface area (Å²) in [4.78, 5) is 11.4. The Morgan fingerprint density at radius 1 is 1.20 bits per heavy atom. The Labute approximate surface area is 140 Å². The van der Waals surface area contributed by atoms with E-state index < -0.39 is 0 Å². The van der Waals surface area contributed by atoms with Crippen molar-refractivity contribution < 1.29 is 4.79 Å².